The zero-order valence-electron chi connectivity index (χ0n) is 1.32. The van der Waals surface area contributed by atoms with E-state index >= 15 is 0 Å². The van der Waals surface area contributed by atoms with Crippen molar-refractivity contribution >= 4 is 45.6 Å². The van der Waals surface area contributed by atoms with Gasteiger partial charge in [0.1, 0.15) is 0 Å². The van der Waals surface area contributed by atoms with E-state index in [9.17, 15) is 0 Å². The zero-order chi connectivity index (χ0) is 0. The first-order valence-electron chi connectivity index (χ1n) is 0. The Morgan fingerprint density at radius 1 is 0.800 bits per heavy atom. The Morgan fingerprint density at radius 2 is 0.800 bits per heavy atom. The fraction of sp³-hybridized carbons (Fsp3) is 0. The van der Waals surface area contributed by atoms with Crippen molar-refractivity contribution in [2.24, 2.45) is 0 Å². The first-order chi connectivity index (χ1) is 0. The smallest absolute Gasteiger partial charge is 2.00 e. The summed E-state index contributed by atoms with van der Waals surface area (Å²) >= 11 is 0. The maximum absolute atomic E-state index is 0. The van der Waals surface area contributed by atoms with Gasteiger partial charge in [0.2, 0.25) is 0 Å². The minimum atomic E-state index is 0. The van der Waals surface area contributed by atoms with Crippen LogP contribution in [0.1, 0.15) is 0 Å². The summed E-state index contributed by atoms with van der Waals surface area (Å²) in [7, 11) is 0. The van der Waals surface area contributed by atoms with E-state index in [1.54, 1.807) is 0 Å². The fourth-order valence-corrected chi connectivity index (χ4v) is 0. The van der Waals surface area contributed by atoms with E-state index in [4.69, 9.17) is 0 Å². The van der Waals surface area contributed by atoms with Crippen molar-refractivity contribution in [2.75, 3.05) is 0 Å². The summed E-state index contributed by atoms with van der Waals surface area (Å²) in [5, 5.41) is 0. The van der Waals surface area contributed by atoms with Crippen LogP contribution in [0.5, 0.6) is 0 Å². The van der Waals surface area contributed by atoms with Crippen molar-refractivity contribution in [3.8, 4) is 0 Å². The van der Waals surface area contributed by atoms with Crippen LogP contribution in [-0.4, -0.2) is 45.6 Å². The van der Waals surface area contributed by atoms with Gasteiger partial charge in [0, 0.05) is 0 Å². The Labute approximate surface area is 81.3 Å². The summed E-state index contributed by atoms with van der Waals surface area (Å²) in [6.45, 7) is 0. The number of hydrogen-bond donors (Lipinski definition) is 0. The van der Waals surface area contributed by atoms with E-state index in [0.29, 0.717) is 0 Å². The molecule has 0 radical (unpaired) electrons. The van der Waals surface area contributed by atoms with Gasteiger partial charge in [0.15, 0.2) is 0 Å². The van der Waals surface area contributed by atoms with Crippen molar-refractivity contribution in [3.63, 3.8) is 0 Å². The third-order valence-electron chi connectivity index (χ3n) is 0. The first-order valence-corrected chi connectivity index (χ1v) is 0. The van der Waals surface area contributed by atoms with Crippen molar-refractivity contribution in [1.29, 1.82) is 0 Å². The molecule has 0 aliphatic heterocycles. The van der Waals surface area contributed by atoms with E-state index in [1.807, 2.05) is 0 Å². The minimum absolute atomic E-state index is 0. The molecule has 0 aromatic heterocycles. The second-order valence-electron chi connectivity index (χ2n) is 0. The van der Waals surface area contributed by atoms with Crippen LogP contribution in [0, 0.1) is 0 Å². The van der Waals surface area contributed by atoms with Gasteiger partial charge in [-0.15, -0.1) is 0 Å². The van der Waals surface area contributed by atoms with Gasteiger partial charge in [-0.05, 0) is 0 Å². The van der Waals surface area contributed by atoms with Crippen molar-refractivity contribution < 1.29 is 36.8 Å². The molecule has 0 unspecified atom stereocenters. The summed E-state index contributed by atoms with van der Waals surface area (Å²) in [6.07, 6.45) is 0. The first kappa shape index (κ1) is 54.8. The molecule has 0 amide bonds. The molecule has 0 spiro atoms. The topological polar surface area (TPSA) is 57.0 Å². The van der Waals surface area contributed by atoms with E-state index in [-0.39, 0.29) is 82.4 Å². The van der Waals surface area contributed by atoms with Crippen LogP contribution in [-0.2, 0) is 36.8 Å². The molecule has 0 bridgehead atoms. The van der Waals surface area contributed by atoms with Gasteiger partial charge in [-0.2, -0.15) is 0 Å². The molecule has 0 rings (SSSR count). The largest absolute Gasteiger partial charge is 2.00 e. The van der Waals surface area contributed by atoms with Crippen LogP contribution in [0.3, 0.4) is 0 Å². The Morgan fingerprint density at radius 3 is 0.800 bits per heavy atom. The monoisotopic (exact) mass is 402 g/mol. The molecule has 2 nitrogen and oxygen atoms in total. The summed E-state index contributed by atoms with van der Waals surface area (Å²) < 4.78 is 0. The van der Waals surface area contributed by atoms with Crippen LogP contribution in [0.25, 0.3) is 0 Å². The molecular formula is H6GaHfInO2. The maximum atomic E-state index is 0. The molecule has 0 atom stereocenters. The van der Waals surface area contributed by atoms with Crippen LogP contribution < -0.4 is 0 Å². The molecule has 0 aliphatic carbocycles. The van der Waals surface area contributed by atoms with Crippen LogP contribution >= 0.6 is 0 Å². The van der Waals surface area contributed by atoms with Crippen LogP contribution in [0.4, 0.5) is 0 Å². The molecule has 0 heterocycles. The molecule has 0 N–H and O–H groups in total. The van der Waals surface area contributed by atoms with E-state index in [0.717, 1.165) is 0 Å². The Hall–Kier alpha value is 2.30. The van der Waals surface area contributed by atoms with Crippen LogP contribution in [0.2, 0.25) is 0 Å². The zero-order valence-corrected chi connectivity index (χ0v) is 4.91. The summed E-state index contributed by atoms with van der Waals surface area (Å²) in [6, 6.07) is 0. The average Bonchev–Trinajstić information content (AvgIpc) is 0. The van der Waals surface area contributed by atoms with Crippen molar-refractivity contribution in [2.45, 2.75) is 0 Å². The molecule has 0 aromatic carbocycles. The quantitative estimate of drug-likeness (QED) is 0.400. The molecule has 28 valence electrons. The maximum Gasteiger partial charge on any atom is -2.00 e. The van der Waals surface area contributed by atoms with E-state index in [1.165, 1.54) is 0 Å². The van der Waals surface area contributed by atoms with Gasteiger partial charge >= 0.3 is 71.5 Å². The van der Waals surface area contributed by atoms with Gasteiger partial charge in [0.25, 0.3) is 0 Å². The van der Waals surface area contributed by atoms with Crippen molar-refractivity contribution in [1.82, 2.24) is 0 Å². The minimum Gasteiger partial charge on any atom is -2.00 e. The Bertz CT molecular complexity index is 9.61. The van der Waals surface area contributed by atoms with E-state index < -0.39 is 0 Å². The fourth-order valence-electron chi connectivity index (χ4n) is 0. The summed E-state index contributed by atoms with van der Waals surface area (Å²) in [5.74, 6) is 0. The van der Waals surface area contributed by atoms with E-state index in [2.05, 4.69) is 0 Å². The molecule has 0 fully saturated rings. The molecule has 0 aliphatic rings. The molecule has 0 aromatic rings. The SMILES string of the molecule is [GaH3].[Hf+4].[InH3].[O-2].[O-2]. The third-order valence-corrected chi connectivity index (χ3v) is 0. The summed E-state index contributed by atoms with van der Waals surface area (Å²) in [4.78, 5) is 0. The number of rotatable bonds is 0. The molecule has 0 saturated heterocycles. The molecule has 5 heavy (non-hydrogen) atoms. The standard InChI is InChI=1S/Ga.Hf.In.2O.6H/q;+4;;2*-2;;;;;;. The normalized spacial score (nSPS) is 0. The van der Waals surface area contributed by atoms with Gasteiger partial charge < -0.3 is 11.0 Å². The van der Waals surface area contributed by atoms with Gasteiger partial charge in [0.05, 0.1) is 0 Å². The Balaban J connectivity index is 0. The third kappa shape index (κ3) is 22.0. The average molecular weight is 401 g/mol. The Kier molecular flexibility index (Phi) is 367. The van der Waals surface area contributed by atoms with Gasteiger partial charge in [-0.1, -0.05) is 0 Å². The molecule has 0 saturated carbocycles. The predicted molar refractivity (Wildman–Crippen MR) is 21.3 cm³/mol. The number of hydrogen-bond acceptors (Lipinski definition) is 0. The summed E-state index contributed by atoms with van der Waals surface area (Å²) in [5.41, 5.74) is 0. The molecular weight excluding hydrogens is 395 g/mol. The molecule has 5 heteroatoms. The van der Waals surface area contributed by atoms with Gasteiger partial charge in [-0.3, -0.25) is 0 Å². The van der Waals surface area contributed by atoms with Crippen molar-refractivity contribution in [3.05, 3.63) is 0 Å². The predicted octanol–water partition coefficient (Wildman–Crippen LogP) is -2.61. The second-order valence-corrected chi connectivity index (χ2v) is 0. The van der Waals surface area contributed by atoms with Crippen LogP contribution in [0.15, 0.2) is 0 Å². The second kappa shape index (κ2) is 33.5. The van der Waals surface area contributed by atoms with Gasteiger partial charge in [-0.25, -0.2) is 0 Å².